The van der Waals surface area contributed by atoms with Gasteiger partial charge in [-0.05, 0) is 19.4 Å². The van der Waals surface area contributed by atoms with E-state index in [0.29, 0.717) is 19.5 Å². The molecule has 5 nitrogen and oxygen atoms in total. The first-order chi connectivity index (χ1) is 19.6. The molecule has 0 saturated heterocycles. The van der Waals surface area contributed by atoms with Crippen LogP contribution >= 0.6 is 0 Å². The fraction of sp³-hybridized carbons (Fsp3) is 0.971. The Balaban J connectivity index is 0. The van der Waals surface area contributed by atoms with Crippen molar-refractivity contribution in [1.82, 2.24) is 4.90 Å². The van der Waals surface area contributed by atoms with Crippen LogP contribution in [0.4, 0.5) is 0 Å². The van der Waals surface area contributed by atoms with E-state index in [9.17, 15) is 4.79 Å². The fourth-order valence-electron chi connectivity index (χ4n) is 5.27. The van der Waals surface area contributed by atoms with Gasteiger partial charge in [-0.25, -0.2) is 0 Å². The average molecular weight is 572 g/mol. The number of nitrogens with zero attached hydrogens (tertiary/aromatic N) is 1. The summed E-state index contributed by atoms with van der Waals surface area (Å²) in [5.41, 5.74) is 0. The van der Waals surface area contributed by atoms with Crippen molar-refractivity contribution < 1.29 is 20.1 Å². The average Bonchev–Trinajstić information content (AvgIpc) is 2.94. The molecule has 0 aromatic carbocycles. The summed E-state index contributed by atoms with van der Waals surface area (Å²) in [6, 6.07) is 0. The minimum absolute atomic E-state index is 0.193. The number of carboxylic acids is 1. The van der Waals surface area contributed by atoms with Crippen molar-refractivity contribution in [3.63, 3.8) is 0 Å². The molecular weight excluding hydrogens is 498 g/mol. The first kappa shape index (κ1) is 41.5. The molecule has 0 saturated carbocycles. The maximum atomic E-state index is 10.3. The molecule has 0 bridgehead atoms. The number of aliphatic carboxylic acids is 1. The summed E-state index contributed by atoms with van der Waals surface area (Å²) >= 11 is 0. The van der Waals surface area contributed by atoms with Crippen molar-refractivity contribution in [3.05, 3.63) is 0 Å². The van der Waals surface area contributed by atoms with Crippen LogP contribution in [0.1, 0.15) is 187 Å². The molecule has 0 aliphatic rings. The topological polar surface area (TPSA) is 81.0 Å². The predicted octanol–water partition coefficient (Wildman–Crippen LogP) is 9.92. The molecule has 0 aliphatic heterocycles. The third-order valence-corrected chi connectivity index (χ3v) is 7.90. The fourth-order valence-corrected chi connectivity index (χ4v) is 5.27. The van der Waals surface area contributed by atoms with E-state index in [1.807, 2.05) is 0 Å². The summed E-state index contributed by atoms with van der Waals surface area (Å²) < 4.78 is 0. The number of hydrogen-bond acceptors (Lipinski definition) is 4. The second-order valence-electron chi connectivity index (χ2n) is 11.9. The van der Waals surface area contributed by atoms with E-state index in [1.165, 1.54) is 154 Å². The van der Waals surface area contributed by atoms with Crippen LogP contribution in [0.5, 0.6) is 0 Å². The van der Waals surface area contributed by atoms with Crippen LogP contribution in [0.25, 0.3) is 0 Å². The second-order valence-corrected chi connectivity index (χ2v) is 11.9. The Bertz CT molecular complexity index is 455. The minimum Gasteiger partial charge on any atom is -0.481 e. The summed E-state index contributed by atoms with van der Waals surface area (Å²) in [7, 11) is 0. The molecule has 0 amide bonds. The molecule has 0 aromatic heterocycles. The first-order valence-corrected chi connectivity index (χ1v) is 17.8. The van der Waals surface area contributed by atoms with Crippen molar-refractivity contribution in [1.29, 1.82) is 0 Å². The zero-order chi connectivity index (χ0) is 29.8. The highest BCUT2D eigenvalue weighted by Gasteiger charge is 2.02. The monoisotopic (exact) mass is 572 g/mol. The van der Waals surface area contributed by atoms with Gasteiger partial charge < -0.3 is 15.3 Å². The third kappa shape index (κ3) is 39.5. The number of carboxylic acid groups (broad SMARTS) is 1. The van der Waals surface area contributed by atoms with Gasteiger partial charge in [0, 0.05) is 19.5 Å². The highest BCUT2D eigenvalue weighted by atomic mass is 16.4. The van der Waals surface area contributed by atoms with Crippen LogP contribution in [0, 0.1) is 0 Å². The van der Waals surface area contributed by atoms with Gasteiger partial charge in [-0.3, -0.25) is 9.69 Å². The van der Waals surface area contributed by atoms with Gasteiger partial charge in [0.25, 0.3) is 0 Å². The molecule has 0 aromatic rings. The van der Waals surface area contributed by atoms with Gasteiger partial charge in [-0.2, -0.15) is 0 Å². The van der Waals surface area contributed by atoms with Crippen LogP contribution < -0.4 is 0 Å². The number of unbranched alkanes of at least 4 members (excludes halogenated alkanes) is 24. The molecule has 0 spiro atoms. The van der Waals surface area contributed by atoms with Gasteiger partial charge in [-0.1, -0.05) is 168 Å². The van der Waals surface area contributed by atoms with E-state index in [1.54, 1.807) is 0 Å². The van der Waals surface area contributed by atoms with Crippen LogP contribution in [-0.2, 0) is 4.79 Å². The number of hydrogen-bond donors (Lipinski definition) is 3. The second kappa shape index (κ2) is 38.4. The number of aliphatic hydroxyl groups excluding tert-OH is 2. The van der Waals surface area contributed by atoms with Crippen molar-refractivity contribution in [2.45, 2.75) is 187 Å². The van der Waals surface area contributed by atoms with Gasteiger partial charge in [-0.15, -0.1) is 0 Å². The summed E-state index contributed by atoms with van der Waals surface area (Å²) in [4.78, 5) is 12.5. The van der Waals surface area contributed by atoms with Gasteiger partial charge in [0.1, 0.15) is 0 Å². The SMILES string of the molecule is CCCCCCCCCCCCCCCC(=O)O.CCCCCCCCCCCCCCCN(CCO)CCO. The lowest BCUT2D eigenvalue weighted by atomic mass is 10.0. The molecule has 5 heteroatoms. The lowest BCUT2D eigenvalue weighted by Crippen LogP contribution is -2.30. The molecule has 0 heterocycles. The van der Waals surface area contributed by atoms with E-state index in [0.717, 1.165) is 19.4 Å². The largest absolute Gasteiger partial charge is 0.481 e. The summed E-state index contributed by atoms with van der Waals surface area (Å²) in [5.74, 6) is -0.655. The molecule has 0 atom stereocenters. The van der Waals surface area contributed by atoms with Crippen LogP contribution in [-0.4, -0.2) is 59.0 Å². The van der Waals surface area contributed by atoms with Crippen LogP contribution in [0.15, 0.2) is 0 Å². The van der Waals surface area contributed by atoms with Gasteiger partial charge >= 0.3 is 5.97 Å². The lowest BCUT2D eigenvalue weighted by molar-refractivity contribution is -0.137. The zero-order valence-corrected chi connectivity index (χ0v) is 27.3. The molecule has 242 valence electrons. The quantitative estimate of drug-likeness (QED) is 0.0700. The Morgan fingerprint density at radius 1 is 0.425 bits per heavy atom. The standard InChI is InChI=1S/C19H41NO2.C16H32O2/c1-2-3-4-5-6-7-8-9-10-11-12-13-14-15-20(16-18-21)17-19-22;1-2-3-4-5-6-7-8-9-10-11-12-13-14-15-16(17)18/h21-22H,2-19H2,1H3;2-15H2,1H3,(H,17,18). The first-order valence-electron chi connectivity index (χ1n) is 17.8. The molecule has 0 radical (unpaired) electrons. The maximum Gasteiger partial charge on any atom is 0.303 e. The van der Waals surface area contributed by atoms with E-state index in [2.05, 4.69) is 18.7 Å². The van der Waals surface area contributed by atoms with Crippen molar-refractivity contribution in [2.75, 3.05) is 32.8 Å². The Labute approximate surface area is 250 Å². The molecule has 0 rings (SSSR count). The van der Waals surface area contributed by atoms with E-state index in [-0.39, 0.29) is 13.2 Å². The smallest absolute Gasteiger partial charge is 0.303 e. The maximum absolute atomic E-state index is 10.3. The zero-order valence-electron chi connectivity index (χ0n) is 27.3. The Morgan fingerprint density at radius 2 is 0.700 bits per heavy atom. The minimum atomic E-state index is -0.655. The molecule has 40 heavy (non-hydrogen) atoms. The van der Waals surface area contributed by atoms with E-state index in [4.69, 9.17) is 15.3 Å². The Kier molecular flexibility index (Phi) is 39.8. The van der Waals surface area contributed by atoms with Crippen LogP contribution in [0.2, 0.25) is 0 Å². The van der Waals surface area contributed by atoms with Crippen molar-refractivity contribution >= 4 is 5.97 Å². The lowest BCUT2D eigenvalue weighted by Gasteiger charge is -2.19. The predicted molar refractivity (Wildman–Crippen MR) is 174 cm³/mol. The third-order valence-electron chi connectivity index (χ3n) is 7.90. The number of carbonyl (C=O) groups is 1. The Hall–Kier alpha value is -0.650. The van der Waals surface area contributed by atoms with Gasteiger partial charge in [0.2, 0.25) is 0 Å². The van der Waals surface area contributed by atoms with Crippen molar-refractivity contribution in [2.24, 2.45) is 0 Å². The van der Waals surface area contributed by atoms with Crippen LogP contribution in [0.3, 0.4) is 0 Å². The number of aliphatic hydroxyl groups is 2. The summed E-state index contributed by atoms with van der Waals surface area (Å²) in [5, 5.41) is 26.4. The summed E-state index contributed by atoms with van der Waals surface area (Å²) in [6.07, 6.45) is 35.2. The molecule has 0 fully saturated rings. The molecule has 0 aliphatic carbocycles. The van der Waals surface area contributed by atoms with E-state index < -0.39 is 5.97 Å². The highest BCUT2D eigenvalue weighted by molar-refractivity contribution is 5.66. The molecule has 0 unspecified atom stereocenters. The van der Waals surface area contributed by atoms with Gasteiger partial charge in [0.05, 0.1) is 13.2 Å². The number of rotatable bonds is 32. The van der Waals surface area contributed by atoms with Crippen molar-refractivity contribution in [3.8, 4) is 0 Å². The highest BCUT2D eigenvalue weighted by Crippen LogP contribution is 2.14. The van der Waals surface area contributed by atoms with E-state index >= 15 is 0 Å². The molecular formula is C35H73NO4. The van der Waals surface area contributed by atoms with Gasteiger partial charge in [0.15, 0.2) is 0 Å². The normalized spacial score (nSPS) is 11.1. The molecule has 3 N–H and O–H groups in total. The Morgan fingerprint density at radius 3 is 0.975 bits per heavy atom. The summed E-state index contributed by atoms with van der Waals surface area (Å²) in [6.45, 7) is 7.32.